The molecule has 0 N–H and O–H groups in total. The first-order valence-corrected chi connectivity index (χ1v) is 7.49. The van der Waals surface area contributed by atoms with E-state index >= 15 is 0 Å². The molecule has 1 aromatic carbocycles. The lowest BCUT2D eigenvalue weighted by Crippen LogP contribution is -2.36. The van der Waals surface area contributed by atoms with Crippen molar-refractivity contribution in [3.63, 3.8) is 0 Å². The molecular formula is C19H22O. The molecule has 1 heteroatoms. The van der Waals surface area contributed by atoms with Gasteiger partial charge >= 0.3 is 0 Å². The number of fused-ring (bicyclic) bond motifs is 3. The summed E-state index contributed by atoms with van der Waals surface area (Å²) in [6, 6.07) is 6.83. The Hall–Kier alpha value is -1.63. The van der Waals surface area contributed by atoms with Gasteiger partial charge in [0.15, 0.2) is 0 Å². The number of carbonyl (C=O) groups excluding carboxylic acids is 1. The smallest absolute Gasteiger partial charge is 0.142 e. The Labute approximate surface area is 121 Å². The molecular weight excluding hydrogens is 244 g/mol. The highest BCUT2D eigenvalue weighted by Gasteiger charge is 2.41. The molecule has 0 fully saturated rings. The van der Waals surface area contributed by atoms with E-state index in [-0.39, 0.29) is 5.41 Å². The van der Waals surface area contributed by atoms with Gasteiger partial charge in [0.1, 0.15) is 6.29 Å². The molecule has 0 saturated carbocycles. The molecule has 1 aromatic rings. The second kappa shape index (κ2) is 4.73. The van der Waals surface area contributed by atoms with Crippen molar-refractivity contribution in [3.8, 4) is 0 Å². The van der Waals surface area contributed by atoms with Crippen LogP contribution in [0.2, 0.25) is 0 Å². The molecule has 104 valence electrons. The van der Waals surface area contributed by atoms with Crippen molar-refractivity contribution in [2.45, 2.75) is 39.0 Å². The normalized spacial score (nSPS) is 26.4. The number of allylic oxidation sites excluding steroid dienone is 4. The molecule has 0 radical (unpaired) electrons. The second-order valence-corrected chi connectivity index (χ2v) is 6.82. The molecule has 2 aliphatic rings. The zero-order valence-corrected chi connectivity index (χ0v) is 12.5. The van der Waals surface area contributed by atoms with Gasteiger partial charge in [-0.1, -0.05) is 51.1 Å². The summed E-state index contributed by atoms with van der Waals surface area (Å²) in [4.78, 5) is 10.4. The zero-order chi connectivity index (χ0) is 14.3. The summed E-state index contributed by atoms with van der Waals surface area (Å²) in [6.45, 7) is 7.05. The van der Waals surface area contributed by atoms with E-state index in [4.69, 9.17) is 0 Å². The number of benzene rings is 1. The van der Waals surface area contributed by atoms with E-state index in [9.17, 15) is 4.79 Å². The third-order valence-electron chi connectivity index (χ3n) is 4.90. The second-order valence-electron chi connectivity index (χ2n) is 6.82. The van der Waals surface area contributed by atoms with Gasteiger partial charge in [0, 0.05) is 0 Å². The predicted octanol–water partition coefficient (Wildman–Crippen LogP) is 4.31. The molecule has 2 atom stereocenters. The van der Waals surface area contributed by atoms with Crippen molar-refractivity contribution in [2.75, 3.05) is 0 Å². The maximum absolute atomic E-state index is 10.4. The molecule has 0 aromatic heterocycles. The van der Waals surface area contributed by atoms with E-state index in [0.717, 1.165) is 24.5 Å². The predicted molar refractivity (Wildman–Crippen MR) is 83.6 cm³/mol. The van der Waals surface area contributed by atoms with Crippen LogP contribution in [0.3, 0.4) is 0 Å². The molecule has 0 spiro atoms. The highest BCUT2D eigenvalue weighted by atomic mass is 16.1. The van der Waals surface area contributed by atoms with E-state index in [1.165, 1.54) is 23.1 Å². The first-order chi connectivity index (χ1) is 9.53. The molecule has 0 saturated heterocycles. The van der Waals surface area contributed by atoms with Crippen molar-refractivity contribution >= 4 is 11.9 Å². The minimum Gasteiger partial charge on any atom is -0.299 e. The molecule has 3 rings (SSSR count). The first-order valence-electron chi connectivity index (χ1n) is 7.49. The highest BCUT2D eigenvalue weighted by molar-refractivity contribution is 5.78. The van der Waals surface area contributed by atoms with Crippen LogP contribution in [0.4, 0.5) is 0 Å². The minimum atomic E-state index is 0.267. The summed E-state index contributed by atoms with van der Waals surface area (Å²) in [6.07, 6.45) is 8.86. The summed E-state index contributed by atoms with van der Waals surface area (Å²) in [5.41, 5.74) is 6.03. The Morgan fingerprint density at radius 2 is 2.15 bits per heavy atom. The molecule has 0 aliphatic heterocycles. The van der Waals surface area contributed by atoms with Crippen molar-refractivity contribution in [2.24, 2.45) is 11.8 Å². The van der Waals surface area contributed by atoms with Crippen LogP contribution in [0.25, 0.3) is 5.57 Å². The van der Waals surface area contributed by atoms with Gasteiger partial charge in [0.05, 0.1) is 0 Å². The van der Waals surface area contributed by atoms with Crippen LogP contribution in [-0.2, 0) is 16.6 Å². The van der Waals surface area contributed by atoms with Crippen molar-refractivity contribution in [1.82, 2.24) is 0 Å². The Morgan fingerprint density at radius 3 is 2.85 bits per heavy atom. The first kappa shape index (κ1) is 13.4. The number of rotatable bonds is 3. The average Bonchev–Trinajstić information content (AvgIpc) is 2.41. The fraction of sp³-hybridized carbons (Fsp3) is 0.421. The van der Waals surface area contributed by atoms with Crippen molar-refractivity contribution in [3.05, 3.63) is 53.1 Å². The van der Waals surface area contributed by atoms with Gasteiger partial charge in [-0.15, -0.1) is 0 Å². The van der Waals surface area contributed by atoms with Gasteiger partial charge < -0.3 is 0 Å². The SMILES string of the molecule is CC1C=C2c3cc(C/C=C/C=O)ccc3C(C)(C)CC21. The Bertz CT molecular complexity index is 604. The third kappa shape index (κ3) is 2.06. The van der Waals surface area contributed by atoms with Gasteiger partial charge in [-0.25, -0.2) is 0 Å². The van der Waals surface area contributed by atoms with Gasteiger partial charge in [0.2, 0.25) is 0 Å². The van der Waals surface area contributed by atoms with Crippen LogP contribution >= 0.6 is 0 Å². The van der Waals surface area contributed by atoms with Crippen LogP contribution in [-0.4, -0.2) is 6.29 Å². The van der Waals surface area contributed by atoms with Crippen LogP contribution in [0.1, 0.15) is 43.9 Å². The van der Waals surface area contributed by atoms with E-state index < -0.39 is 0 Å². The lowest BCUT2D eigenvalue weighted by molar-refractivity contribution is -0.104. The zero-order valence-electron chi connectivity index (χ0n) is 12.5. The van der Waals surface area contributed by atoms with Gasteiger partial charge in [-0.3, -0.25) is 4.79 Å². The Kier molecular flexibility index (Phi) is 3.16. The number of aldehydes is 1. The highest BCUT2D eigenvalue weighted by Crippen LogP contribution is 2.53. The maximum atomic E-state index is 10.4. The van der Waals surface area contributed by atoms with Gasteiger partial charge in [0.25, 0.3) is 0 Å². The largest absolute Gasteiger partial charge is 0.299 e. The van der Waals surface area contributed by atoms with Crippen molar-refractivity contribution < 1.29 is 4.79 Å². The molecule has 2 aliphatic carbocycles. The van der Waals surface area contributed by atoms with Gasteiger partial charge in [-0.05, 0) is 58.4 Å². The Morgan fingerprint density at radius 1 is 1.35 bits per heavy atom. The summed E-state index contributed by atoms with van der Waals surface area (Å²) in [7, 11) is 0. The molecule has 20 heavy (non-hydrogen) atoms. The number of hydrogen-bond acceptors (Lipinski definition) is 1. The third-order valence-corrected chi connectivity index (χ3v) is 4.90. The summed E-state index contributed by atoms with van der Waals surface area (Å²) in [5.74, 6) is 1.45. The van der Waals surface area contributed by atoms with E-state index in [0.29, 0.717) is 0 Å². The summed E-state index contributed by atoms with van der Waals surface area (Å²) < 4.78 is 0. The lowest BCUT2D eigenvalue weighted by atomic mass is 9.58. The van der Waals surface area contributed by atoms with Gasteiger partial charge in [-0.2, -0.15) is 0 Å². The fourth-order valence-corrected chi connectivity index (χ4v) is 3.74. The maximum Gasteiger partial charge on any atom is 0.142 e. The fourth-order valence-electron chi connectivity index (χ4n) is 3.74. The van der Waals surface area contributed by atoms with E-state index in [2.05, 4.69) is 45.0 Å². The lowest BCUT2D eigenvalue weighted by Gasteiger charge is -2.46. The van der Waals surface area contributed by atoms with E-state index in [1.807, 2.05) is 6.08 Å². The topological polar surface area (TPSA) is 17.1 Å². The number of hydrogen-bond donors (Lipinski definition) is 0. The molecule has 0 amide bonds. The monoisotopic (exact) mass is 266 g/mol. The molecule has 0 bridgehead atoms. The molecule has 0 heterocycles. The molecule has 1 nitrogen and oxygen atoms in total. The average molecular weight is 266 g/mol. The number of carbonyl (C=O) groups is 1. The van der Waals surface area contributed by atoms with Crippen LogP contribution in [0, 0.1) is 11.8 Å². The van der Waals surface area contributed by atoms with Crippen molar-refractivity contribution in [1.29, 1.82) is 0 Å². The van der Waals surface area contributed by atoms with Crippen LogP contribution < -0.4 is 0 Å². The minimum absolute atomic E-state index is 0.267. The quantitative estimate of drug-likeness (QED) is 0.588. The summed E-state index contributed by atoms with van der Waals surface area (Å²) >= 11 is 0. The van der Waals surface area contributed by atoms with Crippen LogP contribution in [0.5, 0.6) is 0 Å². The standard InChI is InChI=1S/C19H22O/c1-13-10-15-16-11-14(6-4-5-9-20)7-8-18(16)19(2,3)12-17(13)15/h4-5,7-11,13,17H,6,12H2,1-3H3/b5-4+. The molecule has 2 unspecified atom stereocenters. The van der Waals surface area contributed by atoms with E-state index in [1.54, 1.807) is 11.6 Å². The Balaban J connectivity index is 2.00. The van der Waals surface area contributed by atoms with Crippen LogP contribution in [0.15, 0.2) is 36.4 Å². The summed E-state index contributed by atoms with van der Waals surface area (Å²) in [5, 5.41) is 0.